The van der Waals surface area contributed by atoms with Crippen LogP contribution in [0.3, 0.4) is 0 Å². The molecule has 36 heavy (non-hydrogen) atoms. The number of amides is 2. The van der Waals surface area contributed by atoms with Gasteiger partial charge in [-0.2, -0.15) is 0 Å². The van der Waals surface area contributed by atoms with E-state index in [1.165, 1.54) is 13.1 Å². The molecule has 0 fully saturated rings. The Morgan fingerprint density at radius 2 is 1.81 bits per heavy atom. The maximum atomic E-state index is 13.5. The Kier molecular flexibility index (Phi) is 10.6. The summed E-state index contributed by atoms with van der Waals surface area (Å²) in [6.45, 7) is 9.72. The van der Waals surface area contributed by atoms with Crippen LogP contribution >= 0.6 is 0 Å². The van der Waals surface area contributed by atoms with Gasteiger partial charge < -0.3 is 19.9 Å². The number of hydrogen-bond acceptors (Lipinski definition) is 7. The number of fused-ring (bicyclic) bond motifs is 1. The van der Waals surface area contributed by atoms with Crippen LogP contribution in [0.2, 0.25) is 0 Å². The molecule has 0 bridgehead atoms. The molecular formula is C26H40N4O6. The van der Waals surface area contributed by atoms with Gasteiger partial charge in [0, 0.05) is 20.2 Å². The fourth-order valence-corrected chi connectivity index (χ4v) is 4.13. The first-order valence-electron chi connectivity index (χ1n) is 12.1. The van der Waals surface area contributed by atoms with Crippen LogP contribution in [0.25, 0.3) is 10.9 Å². The monoisotopic (exact) mass is 504 g/mol. The highest BCUT2D eigenvalue weighted by Crippen LogP contribution is 2.24. The Labute approximate surface area is 212 Å². The minimum Gasteiger partial charge on any atom is -0.370 e. The van der Waals surface area contributed by atoms with Crippen molar-refractivity contribution < 1.29 is 24.4 Å². The zero-order chi connectivity index (χ0) is 27.0. The molecule has 10 heteroatoms. The Morgan fingerprint density at radius 3 is 2.39 bits per heavy atom. The molecule has 0 radical (unpaired) electrons. The first kappa shape index (κ1) is 29.4. The van der Waals surface area contributed by atoms with Crippen LogP contribution in [0.1, 0.15) is 46.6 Å². The predicted molar refractivity (Wildman–Crippen MR) is 137 cm³/mol. The lowest BCUT2D eigenvalue weighted by molar-refractivity contribution is -0.170. The lowest BCUT2D eigenvalue weighted by Gasteiger charge is -2.33. The third-order valence-corrected chi connectivity index (χ3v) is 6.14. The van der Waals surface area contributed by atoms with Gasteiger partial charge >= 0.3 is 0 Å². The van der Waals surface area contributed by atoms with Gasteiger partial charge in [0.2, 0.25) is 11.8 Å². The Bertz CT molecular complexity index is 1090. The number of carbonyl (C=O) groups is 2. The van der Waals surface area contributed by atoms with E-state index >= 15 is 0 Å². The van der Waals surface area contributed by atoms with E-state index in [9.17, 15) is 14.4 Å². The number of aromatic nitrogens is 1. The van der Waals surface area contributed by atoms with Crippen molar-refractivity contribution in [3.05, 3.63) is 46.2 Å². The summed E-state index contributed by atoms with van der Waals surface area (Å²) in [5, 5.41) is 15.4. The quantitative estimate of drug-likeness (QED) is 0.326. The number of nitrogens with one attached hydrogen (secondary N) is 3. The van der Waals surface area contributed by atoms with E-state index < -0.39 is 23.5 Å². The summed E-state index contributed by atoms with van der Waals surface area (Å²) in [7, 11) is 3.25. The van der Waals surface area contributed by atoms with E-state index in [0.717, 1.165) is 16.5 Å². The third-order valence-electron chi connectivity index (χ3n) is 6.14. The fourth-order valence-electron chi connectivity index (χ4n) is 4.13. The largest absolute Gasteiger partial charge is 0.370 e. The first-order chi connectivity index (χ1) is 16.9. The number of hydrogen-bond donors (Lipinski definition) is 4. The second-order valence-corrected chi connectivity index (χ2v) is 10.5. The Balaban J connectivity index is 2.29. The van der Waals surface area contributed by atoms with Gasteiger partial charge in [-0.1, -0.05) is 46.3 Å². The van der Waals surface area contributed by atoms with Crippen molar-refractivity contribution >= 4 is 22.7 Å². The molecule has 0 spiro atoms. The SMILES string of the molecule is CNC(=O)C(NC(=O)C(CC(C)C)C(CONO)OCc1ccc2c(ccc(=O)n2C)c1)C(C)(C)C. The molecule has 3 unspecified atom stereocenters. The summed E-state index contributed by atoms with van der Waals surface area (Å²) in [5.74, 6) is -1.10. The van der Waals surface area contributed by atoms with Gasteiger partial charge in [-0.05, 0) is 46.9 Å². The van der Waals surface area contributed by atoms with Crippen molar-refractivity contribution in [3.63, 3.8) is 0 Å². The minimum atomic E-state index is -0.741. The normalized spacial score (nSPS) is 14.5. The van der Waals surface area contributed by atoms with E-state index in [1.54, 1.807) is 23.3 Å². The topological polar surface area (TPSA) is 131 Å². The standard InChI is InChI=1S/C26H40N4O6/c1-16(2)12-19(24(32)28-23(25(33)27-6)26(3,4)5)21(15-36-29-34)35-14-17-8-10-20-18(13-17)9-11-22(31)30(20)7/h8-11,13,16,19,21,23,29,34H,12,14-15H2,1-7H3,(H,27,33)(H,28,32). The van der Waals surface area contributed by atoms with E-state index in [4.69, 9.17) is 14.8 Å². The highest BCUT2D eigenvalue weighted by Gasteiger charge is 2.37. The van der Waals surface area contributed by atoms with Crippen molar-refractivity contribution in [2.45, 2.75) is 59.8 Å². The van der Waals surface area contributed by atoms with Gasteiger partial charge in [-0.15, -0.1) is 0 Å². The van der Waals surface area contributed by atoms with Gasteiger partial charge in [-0.25, -0.2) is 0 Å². The number of carbonyl (C=O) groups excluding carboxylic acids is 2. The van der Waals surface area contributed by atoms with Crippen LogP contribution in [-0.2, 0) is 32.8 Å². The van der Waals surface area contributed by atoms with Crippen LogP contribution < -0.4 is 21.8 Å². The molecule has 1 heterocycles. The highest BCUT2D eigenvalue weighted by molar-refractivity contribution is 5.89. The molecule has 3 atom stereocenters. The molecule has 0 saturated heterocycles. The van der Waals surface area contributed by atoms with Crippen LogP contribution in [0.5, 0.6) is 0 Å². The van der Waals surface area contributed by atoms with Gasteiger partial charge in [0.1, 0.15) is 6.04 Å². The van der Waals surface area contributed by atoms with Crippen molar-refractivity contribution in [3.8, 4) is 0 Å². The number of rotatable bonds is 12. The number of aryl methyl sites for hydroxylation is 1. The van der Waals surface area contributed by atoms with Crippen LogP contribution in [0.4, 0.5) is 0 Å². The van der Waals surface area contributed by atoms with E-state index in [0.29, 0.717) is 6.42 Å². The minimum absolute atomic E-state index is 0.0897. The first-order valence-corrected chi connectivity index (χ1v) is 12.1. The maximum Gasteiger partial charge on any atom is 0.250 e. The van der Waals surface area contributed by atoms with Crippen molar-refractivity contribution in [2.24, 2.45) is 24.3 Å². The Hall–Kier alpha value is -2.79. The summed E-state index contributed by atoms with van der Waals surface area (Å²) < 4.78 is 7.74. The van der Waals surface area contributed by atoms with Gasteiger partial charge in [-0.3, -0.25) is 24.4 Å². The summed E-state index contributed by atoms with van der Waals surface area (Å²) in [6, 6.07) is 8.18. The summed E-state index contributed by atoms with van der Waals surface area (Å²) in [5.41, 5.74) is 2.72. The molecule has 2 rings (SSSR count). The molecular weight excluding hydrogens is 464 g/mol. The van der Waals surface area contributed by atoms with Crippen molar-refractivity contribution in [1.29, 1.82) is 0 Å². The zero-order valence-electron chi connectivity index (χ0n) is 22.3. The molecule has 10 nitrogen and oxygen atoms in total. The summed E-state index contributed by atoms with van der Waals surface area (Å²) >= 11 is 0. The molecule has 0 aliphatic carbocycles. The average molecular weight is 505 g/mol. The maximum absolute atomic E-state index is 13.5. The lowest BCUT2D eigenvalue weighted by atomic mass is 9.84. The summed E-state index contributed by atoms with van der Waals surface area (Å²) in [4.78, 5) is 42.9. The Morgan fingerprint density at radius 1 is 1.11 bits per heavy atom. The third kappa shape index (κ3) is 7.86. The molecule has 1 aromatic carbocycles. The van der Waals surface area contributed by atoms with Crippen LogP contribution in [0.15, 0.2) is 35.1 Å². The van der Waals surface area contributed by atoms with E-state index in [-0.39, 0.29) is 36.5 Å². The van der Waals surface area contributed by atoms with Gasteiger partial charge in [0.05, 0.1) is 30.8 Å². The fraction of sp³-hybridized carbons (Fsp3) is 0.577. The van der Waals surface area contributed by atoms with Crippen LogP contribution in [0, 0.1) is 17.3 Å². The second-order valence-electron chi connectivity index (χ2n) is 10.5. The number of ether oxygens (including phenoxy) is 1. The molecule has 0 aliphatic rings. The van der Waals surface area contributed by atoms with Gasteiger partial charge in [0.15, 0.2) is 0 Å². The second kappa shape index (κ2) is 13.0. The molecule has 1 aromatic heterocycles. The smallest absolute Gasteiger partial charge is 0.250 e. The molecule has 4 N–H and O–H groups in total. The lowest BCUT2D eigenvalue weighted by Crippen LogP contribution is -2.55. The van der Waals surface area contributed by atoms with Crippen LogP contribution in [-0.4, -0.2) is 47.4 Å². The van der Waals surface area contributed by atoms with Crippen molar-refractivity contribution in [1.82, 2.24) is 20.8 Å². The molecule has 2 amide bonds. The average Bonchev–Trinajstić information content (AvgIpc) is 2.82. The number of benzene rings is 1. The van der Waals surface area contributed by atoms with E-state index in [2.05, 4.69) is 10.6 Å². The zero-order valence-corrected chi connectivity index (χ0v) is 22.3. The summed E-state index contributed by atoms with van der Waals surface area (Å²) in [6.07, 6.45) is -0.233. The number of likely N-dealkylation sites (N-methyl/N-ethyl adjacent to an activating group) is 1. The molecule has 200 valence electrons. The van der Waals surface area contributed by atoms with Crippen molar-refractivity contribution in [2.75, 3.05) is 13.7 Å². The molecule has 0 saturated carbocycles. The predicted octanol–water partition coefficient (Wildman–Crippen LogP) is 2.27. The number of nitrogens with zero attached hydrogens (tertiary/aromatic N) is 1. The highest BCUT2D eigenvalue weighted by atomic mass is 16.8. The molecule has 2 aromatic rings. The molecule has 0 aliphatic heterocycles. The van der Waals surface area contributed by atoms with E-state index in [1.807, 2.05) is 52.8 Å². The number of pyridine rings is 1. The van der Waals surface area contributed by atoms with Gasteiger partial charge in [0.25, 0.3) is 5.56 Å².